The molecular formula is C26H37N2NaO3S. The number of nitrogens with zero attached hydrogens (tertiary/aromatic N) is 1. The summed E-state index contributed by atoms with van der Waals surface area (Å²) in [7, 11) is -4.65. The Bertz CT molecular complexity index is 940. The number of hydrogen-bond donors (Lipinski definition) is 1. The predicted octanol–water partition coefficient (Wildman–Crippen LogP) is 3.63. The van der Waals surface area contributed by atoms with Crippen molar-refractivity contribution < 1.29 is 42.5 Å². The van der Waals surface area contributed by atoms with E-state index in [0.717, 1.165) is 24.1 Å². The molecule has 0 fully saturated rings. The van der Waals surface area contributed by atoms with Crippen LogP contribution < -0.4 is 39.8 Å². The van der Waals surface area contributed by atoms with E-state index in [2.05, 4.69) is 12.2 Å². The van der Waals surface area contributed by atoms with E-state index in [0.29, 0.717) is 18.7 Å². The third kappa shape index (κ3) is 7.46. The van der Waals surface area contributed by atoms with E-state index in [1.54, 1.807) is 4.90 Å². The normalized spacial score (nSPS) is 17.3. The second-order valence-corrected chi connectivity index (χ2v) is 10.5. The molecule has 0 amide bonds. The van der Waals surface area contributed by atoms with Gasteiger partial charge < -0.3 is 14.8 Å². The number of benzene rings is 2. The van der Waals surface area contributed by atoms with E-state index in [9.17, 15) is 13.0 Å². The molecular weight excluding hydrogens is 443 g/mol. The standard InChI is InChI=1S/C26H38N2O3S.Na/c1-2-3-4-5-6-7-8-9-10-16-21-26(32(29,30)31)27-24-19-14-15-20-25(24)28(26)22-23-17-12-11-13-18-23;/h11-15,17-20,27H,2-10,16,21-22H2,1H3,(H,29,30,31);/q;+1/p-1. The zero-order valence-electron chi connectivity index (χ0n) is 20.3. The van der Waals surface area contributed by atoms with Gasteiger partial charge in [0.05, 0.1) is 11.4 Å². The van der Waals surface area contributed by atoms with Crippen LogP contribution in [0.3, 0.4) is 0 Å². The first-order chi connectivity index (χ1) is 15.5. The van der Waals surface area contributed by atoms with Gasteiger partial charge in [-0.1, -0.05) is 107 Å². The molecule has 5 nitrogen and oxygen atoms in total. The Hall–Kier alpha value is -1.05. The molecule has 1 N–H and O–H groups in total. The van der Waals surface area contributed by atoms with Crippen molar-refractivity contribution in [2.24, 2.45) is 0 Å². The summed E-state index contributed by atoms with van der Waals surface area (Å²) in [6, 6.07) is 17.2. The summed E-state index contributed by atoms with van der Waals surface area (Å²) >= 11 is 0. The van der Waals surface area contributed by atoms with Crippen LogP contribution in [0.1, 0.15) is 83.1 Å². The minimum absolute atomic E-state index is 0. The number of fused-ring (bicyclic) bond motifs is 1. The molecule has 3 rings (SSSR count). The summed E-state index contributed by atoms with van der Waals surface area (Å²) in [5.74, 6) is 0. The quantitative estimate of drug-likeness (QED) is 0.254. The van der Waals surface area contributed by atoms with Crippen molar-refractivity contribution in [3.05, 3.63) is 60.2 Å². The minimum atomic E-state index is -4.65. The van der Waals surface area contributed by atoms with Gasteiger partial charge in [0.1, 0.15) is 10.1 Å². The molecule has 0 bridgehead atoms. The van der Waals surface area contributed by atoms with Gasteiger partial charge in [0, 0.05) is 13.0 Å². The van der Waals surface area contributed by atoms with E-state index in [1.807, 2.05) is 54.6 Å². The van der Waals surface area contributed by atoms with Gasteiger partial charge in [0.2, 0.25) is 4.99 Å². The third-order valence-corrected chi connectivity index (χ3v) is 7.78. The van der Waals surface area contributed by atoms with Gasteiger partial charge in [-0.05, 0) is 24.1 Å². The second kappa shape index (κ2) is 13.7. The van der Waals surface area contributed by atoms with Crippen molar-refractivity contribution in [2.75, 3.05) is 10.2 Å². The Morgan fingerprint density at radius 3 is 1.97 bits per heavy atom. The van der Waals surface area contributed by atoms with Gasteiger partial charge in [0.15, 0.2) is 0 Å². The van der Waals surface area contributed by atoms with Crippen LogP contribution in [0.5, 0.6) is 0 Å². The molecule has 1 unspecified atom stereocenters. The van der Waals surface area contributed by atoms with E-state index >= 15 is 0 Å². The summed E-state index contributed by atoms with van der Waals surface area (Å²) in [5, 5.41) is 3.11. The zero-order valence-corrected chi connectivity index (χ0v) is 23.1. The largest absolute Gasteiger partial charge is 1.00 e. The van der Waals surface area contributed by atoms with Gasteiger partial charge >= 0.3 is 29.6 Å². The average Bonchev–Trinajstić information content (AvgIpc) is 3.10. The molecule has 1 aliphatic rings. The van der Waals surface area contributed by atoms with Gasteiger partial charge in [0.25, 0.3) is 0 Å². The van der Waals surface area contributed by atoms with E-state index in [1.165, 1.54) is 44.9 Å². The molecule has 7 heteroatoms. The Kier molecular flexibility index (Phi) is 11.7. The smallest absolute Gasteiger partial charge is 0.745 e. The number of rotatable bonds is 14. The van der Waals surface area contributed by atoms with Gasteiger partial charge in [-0.25, -0.2) is 8.42 Å². The fraction of sp³-hybridized carbons (Fsp3) is 0.538. The topological polar surface area (TPSA) is 72.5 Å². The Morgan fingerprint density at radius 1 is 0.818 bits per heavy atom. The number of hydrogen-bond acceptors (Lipinski definition) is 5. The molecule has 2 aromatic carbocycles. The molecule has 2 aromatic rings. The Morgan fingerprint density at radius 2 is 1.36 bits per heavy atom. The maximum atomic E-state index is 12.7. The summed E-state index contributed by atoms with van der Waals surface area (Å²) in [4.78, 5) is 0.112. The van der Waals surface area contributed by atoms with Gasteiger partial charge in [-0.15, -0.1) is 0 Å². The van der Waals surface area contributed by atoms with Crippen LogP contribution in [0.15, 0.2) is 54.6 Å². The van der Waals surface area contributed by atoms with E-state index in [4.69, 9.17) is 0 Å². The first kappa shape index (κ1) is 28.2. The maximum Gasteiger partial charge on any atom is 1.00 e. The molecule has 0 radical (unpaired) electrons. The fourth-order valence-electron chi connectivity index (χ4n) is 4.64. The van der Waals surface area contributed by atoms with Crippen LogP contribution in [0.2, 0.25) is 0 Å². The number of unbranched alkanes of at least 4 members (excludes halogenated alkanes) is 9. The molecule has 0 aliphatic carbocycles. The van der Waals surface area contributed by atoms with E-state index < -0.39 is 15.1 Å². The molecule has 0 saturated heterocycles. The molecule has 0 aromatic heterocycles. The number of anilines is 2. The van der Waals surface area contributed by atoms with Crippen molar-refractivity contribution in [1.29, 1.82) is 0 Å². The van der Waals surface area contributed by atoms with Crippen molar-refractivity contribution in [1.82, 2.24) is 0 Å². The number of para-hydroxylation sites is 2. The summed E-state index contributed by atoms with van der Waals surface area (Å²) in [6.07, 6.45) is 11.9. The molecule has 33 heavy (non-hydrogen) atoms. The SMILES string of the molecule is CCCCCCCCCCCCC1(S(=O)(=O)[O-])Nc2ccccc2N1Cc1ccccc1.[Na+]. The maximum absolute atomic E-state index is 12.7. The molecule has 1 heterocycles. The molecule has 1 aliphatic heterocycles. The second-order valence-electron chi connectivity index (χ2n) is 8.88. The molecule has 0 spiro atoms. The van der Waals surface area contributed by atoms with Crippen molar-refractivity contribution in [3.63, 3.8) is 0 Å². The fourth-order valence-corrected chi connectivity index (χ4v) is 5.70. The van der Waals surface area contributed by atoms with Crippen molar-refractivity contribution >= 4 is 21.5 Å². The summed E-state index contributed by atoms with van der Waals surface area (Å²) in [5.41, 5.74) is 2.44. The van der Waals surface area contributed by atoms with E-state index in [-0.39, 0.29) is 36.0 Å². The van der Waals surface area contributed by atoms with Gasteiger partial charge in [-0.3, -0.25) is 0 Å². The monoisotopic (exact) mass is 480 g/mol. The Balaban J connectivity index is 0.00000385. The van der Waals surface area contributed by atoms with Crippen molar-refractivity contribution in [2.45, 2.75) is 89.1 Å². The first-order valence-corrected chi connectivity index (χ1v) is 13.5. The minimum Gasteiger partial charge on any atom is -0.745 e. The molecule has 176 valence electrons. The average molecular weight is 481 g/mol. The third-order valence-electron chi connectivity index (χ3n) is 6.43. The van der Waals surface area contributed by atoms with Gasteiger partial charge in [-0.2, -0.15) is 0 Å². The van der Waals surface area contributed by atoms with Crippen LogP contribution in [0.25, 0.3) is 0 Å². The predicted molar refractivity (Wildman–Crippen MR) is 132 cm³/mol. The van der Waals surface area contributed by atoms with Crippen LogP contribution in [0.4, 0.5) is 11.4 Å². The summed E-state index contributed by atoms with van der Waals surface area (Å²) in [6.45, 7) is 2.59. The van der Waals surface area contributed by atoms with Crippen molar-refractivity contribution in [3.8, 4) is 0 Å². The summed E-state index contributed by atoms with van der Waals surface area (Å²) < 4.78 is 38.0. The van der Waals surface area contributed by atoms with Crippen LogP contribution in [-0.2, 0) is 16.7 Å². The first-order valence-electron chi connectivity index (χ1n) is 12.1. The molecule has 1 atom stereocenters. The number of nitrogens with one attached hydrogen (secondary N) is 1. The van der Waals surface area contributed by atoms with Crippen LogP contribution in [-0.4, -0.2) is 18.0 Å². The van der Waals surface area contributed by atoms with Crippen LogP contribution in [0, 0.1) is 0 Å². The zero-order chi connectivity index (χ0) is 22.9. The molecule has 0 saturated carbocycles. The van der Waals surface area contributed by atoms with Crippen LogP contribution >= 0.6 is 0 Å². The Labute approximate surface area is 222 Å².